The minimum Gasteiger partial charge on any atom is -0.449 e. The number of hydrogen-bond acceptors (Lipinski definition) is 5. The summed E-state index contributed by atoms with van der Waals surface area (Å²) < 4.78 is 31.9. The van der Waals surface area contributed by atoms with Crippen molar-refractivity contribution in [1.29, 1.82) is 0 Å². The molecule has 7 nitrogen and oxygen atoms in total. The minimum absolute atomic E-state index is 0.0631. The summed E-state index contributed by atoms with van der Waals surface area (Å²) in [6, 6.07) is 14.7. The fraction of sp³-hybridized carbons (Fsp3) is 0.238. The van der Waals surface area contributed by atoms with Gasteiger partial charge in [0, 0.05) is 11.7 Å². The molecule has 0 fully saturated rings. The van der Waals surface area contributed by atoms with Crippen LogP contribution in [0.1, 0.15) is 36.7 Å². The molecule has 29 heavy (non-hydrogen) atoms. The second kappa shape index (κ2) is 9.88. The summed E-state index contributed by atoms with van der Waals surface area (Å²) in [6.07, 6.45) is 0.545. The van der Waals surface area contributed by atoms with Gasteiger partial charge in [-0.1, -0.05) is 30.3 Å². The van der Waals surface area contributed by atoms with Gasteiger partial charge in [-0.3, -0.25) is 9.52 Å². The molecule has 0 saturated heterocycles. The molecule has 2 rings (SSSR count). The van der Waals surface area contributed by atoms with E-state index < -0.39 is 22.1 Å². The quantitative estimate of drug-likeness (QED) is 0.644. The molecule has 2 aromatic rings. The Morgan fingerprint density at radius 3 is 2.17 bits per heavy atom. The van der Waals surface area contributed by atoms with Gasteiger partial charge in [-0.25, -0.2) is 13.2 Å². The molecule has 2 aromatic carbocycles. The molecule has 0 unspecified atom stereocenters. The van der Waals surface area contributed by atoms with Crippen molar-refractivity contribution in [2.45, 2.75) is 32.9 Å². The summed E-state index contributed by atoms with van der Waals surface area (Å²) >= 11 is 0. The summed E-state index contributed by atoms with van der Waals surface area (Å²) in [6.45, 7) is 5.10. The van der Waals surface area contributed by atoms with Gasteiger partial charge in [0.05, 0.1) is 11.0 Å². The van der Waals surface area contributed by atoms with Crippen molar-refractivity contribution in [2.75, 3.05) is 4.72 Å². The van der Waals surface area contributed by atoms with Crippen LogP contribution in [-0.4, -0.2) is 32.4 Å². The molecule has 0 radical (unpaired) electrons. The van der Waals surface area contributed by atoms with Crippen molar-refractivity contribution in [2.24, 2.45) is 0 Å². The van der Waals surface area contributed by atoms with E-state index in [2.05, 4.69) is 10.0 Å². The monoisotopic (exact) mass is 416 g/mol. The number of sulfonamides is 1. The number of anilines is 1. The van der Waals surface area contributed by atoms with Gasteiger partial charge in [-0.15, -0.1) is 0 Å². The number of carbonyl (C=O) groups is 2. The molecule has 0 heterocycles. The third-order valence-corrected chi connectivity index (χ3v) is 4.72. The minimum atomic E-state index is -3.71. The van der Waals surface area contributed by atoms with Gasteiger partial charge in [-0.05, 0) is 56.7 Å². The molecule has 1 atom stereocenters. The first-order valence-corrected chi connectivity index (χ1v) is 10.6. The fourth-order valence-electron chi connectivity index (χ4n) is 2.29. The molecule has 0 aliphatic carbocycles. The summed E-state index contributed by atoms with van der Waals surface area (Å²) in [4.78, 5) is 24.0. The number of hydrogen-bond donors (Lipinski definition) is 2. The van der Waals surface area contributed by atoms with E-state index in [0.29, 0.717) is 5.69 Å². The molecule has 154 valence electrons. The molecule has 0 bridgehead atoms. The largest absolute Gasteiger partial charge is 0.449 e. The van der Waals surface area contributed by atoms with Crippen molar-refractivity contribution >= 4 is 33.7 Å². The molecule has 0 saturated carbocycles. The van der Waals surface area contributed by atoms with Crippen molar-refractivity contribution in [1.82, 2.24) is 5.32 Å². The van der Waals surface area contributed by atoms with E-state index in [9.17, 15) is 18.0 Å². The third kappa shape index (κ3) is 7.42. The van der Waals surface area contributed by atoms with Gasteiger partial charge in [0.25, 0.3) is 15.9 Å². The second-order valence-electron chi connectivity index (χ2n) is 6.65. The fourth-order valence-corrected chi connectivity index (χ4v) is 3.16. The maximum absolute atomic E-state index is 12.2. The van der Waals surface area contributed by atoms with Crippen LogP contribution in [0.3, 0.4) is 0 Å². The van der Waals surface area contributed by atoms with Gasteiger partial charge in [0.2, 0.25) is 0 Å². The SMILES string of the molecule is CC(C)NC(=O)[C@@H](C)OC(=O)c1ccc(NS(=O)(=O)/C=C/c2ccccc2)cc1. The van der Waals surface area contributed by atoms with Crippen LogP contribution in [-0.2, 0) is 19.6 Å². The lowest BCUT2D eigenvalue weighted by Gasteiger charge is -2.15. The Kier molecular flexibility index (Phi) is 7.55. The van der Waals surface area contributed by atoms with Crippen LogP contribution in [0.2, 0.25) is 0 Å². The van der Waals surface area contributed by atoms with Gasteiger partial charge >= 0.3 is 5.97 Å². The van der Waals surface area contributed by atoms with Crippen LogP contribution in [0, 0.1) is 0 Å². The summed E-state index contributed by atoms with van der Waals surface area (Å²) in [7, 11) is -3.71. The van der Waals surface area contributed by atoms with E-state index in [4.69, 9.17) is 4.74 Å². The molecule has 2 N–H and O–H groups in total. The van der Waals surface area contributed by atoms with Crippen LogP contribution < -0.4 is 10.0 Å². The van der Waals surface area contributed by atoms with Crippen molar-refractivity contribution in [3.8, 4) is 0 Å². The van der Waals surface area contributed by atoms with Crippen LogP contribution in [0.5, 0.6) is 0 Å². The van der Waals surface area contributed by atoms with Gasteiger partial charge in [-0.2, -0.15) is 0 Å². The van der Waals surface area contributed by atoms with Crippen molar-refractivity contribution < 1.29 is 22.7 Å². The van der Waals surface area contributed by atoms with Crippen molar-refractivity contribution in [3.63, 3.8) is 0 Å². The second-order valence-corrected chi connectivity index (χ2v) is 8.21. The van der Waals surface area contributed by atoms with E-state index in [1.165, 1.54) is 37.3 Å². The highest BCUT2D eigenvalue weighted by Gasteiger charge is 2.19. The Labute approximate surface area is 170 Å². The Bertz CT molecular complexity index is 968. The van der Waals surface area contributed by atoms with E-state index in [-0.39, 0.29) is 17.5 Å². The molecular weight excluding hydrogens is 392 g/mol. The van der Waals surface area contributed by atoms with Crippen molar-refractivity contribution in [3.05, 3.63) is 71.1 Å². The highest BCUT2D eigenvalue weighted by molar-refractivity contribution is 7.95. The zero-order valence-electron chi connectivity index (χ0n) is 16.5. The summed E-state index contributed by atoms with van der Waals surface area (Å²) in [5.41, 5.74) is 1.26. The number of benzene rings is 2. The zero-order valence-corrected chi connectivity index (χ0v) is 17.3. The van der Waals surface area contributed by atoms with Gasteiger partial charge in [0.1, 0.15) is 0 Å². The topological polar surface area (TPSA) is 102 Å². The van der Waals surface area contributed by atoms with E-state index >= 15 is 0 Å². The first-order valence-electron chi connectivity index (χ1n) is 9.03. The summed E-state index contributed by atoms with van der Waals surface area (Å²) in [5.74, 6) is -1.06. The lowest BCUT2D eigenvalue weighted by Crippen LogP contribution is -2.39. The van der Waals surface area contributed by atoms with Crippen LogP contribution in [0.4, 0.5) is 5.69 Å². The van der Waals surface area contributed by atoms with E-state index in [1.807, 2.05) is 18.2 Å². The predicted molar refractivity (Wildman–Crippen MR) is 113 cm³/mol. The number of rotatable bonds is 8. The number of esters is 1. The number of nitrogens with one attached hydrogen (secondary N) is 2. The maximum atomic E-state index is 12.2. The predicted octanol–water partition coefficient (Wildman–Crippen LogP) is 3.17. The zero-order chi connectivity index (χ0) is 21.4. The van der Waals surface area contributed by atoms with Crippen LogP contribution in [0.15, 0.2) is 60.0 Å². The lowest BCUT2D eigenvalue weighted by atomic mass is 10.2. The first kappa shape index (κ1) is 22.2. The average Bonchev–Trinajstić information content (AvgIpc) is 2.67. The van der Waals surface area contributed by atoms with Gasteiger partial charge < -0.3 is 10.1 Å². The first-order chi connectivity index (χ1) is 13.7. The van der Waals surface area contributed by atoms with Crippen LogP contribution in [0.25, 0.3) is 6.08 Å². The number of amides is 1. The Morgan fingerprint density at radius 2 is 1.59 bits per heavy atom. The highest BCUT2D eigenvalue weighted by atomic mass is 32.2. The smallest absolute Gasteiger partial charge is 0.338 e. The van der Waals surface area contributed by atoms with E-state index in [1.54, 1.807) is 26.0 Å². The molecule has 0 aliphatic rings. The molecule has 1 amide bonds. The Morgan fingerprint density at radius 1 is 0.966 bits per heavy atom. The number of ether oxygens (including phenoxy) is 1. The molecule has 0 spiro atoms. The van der Waals surface area contributed by atoms with E-state index in [0.717, 1.165) is 11.0 Å². The number of carbonyl (C=O) groups excluding carboxylic acids is 2. The Hall–Kier alpha value is -3.13. The highest BCUT2D eigenvalue weighted by Crippen LogP contribution is 2.14. The normalized spacial score (nSPS) is 12.6. The molecule has 8 heteroatoms. The standard InChI is InChI=1S/C21H24N2O5S/c1-15(2)22-20(24)16(3)28-21(25)18-9-11-19(12-10-18)23-29(26,27)14-13-17-7-5-4-6-8-17/h4-16,23H,1-3H3,(H,22,24)/b14-13+/t16-/m1/s1. The average molecular weight is 416 g/mol. The lowest BCUT2D eigenvalue weighted by molar-refractivity contribution is -0.129. The third-order valence-electron chi connectivity index (χ3n) is 3.70. The molecular formula is C21H24N2O5S. The molecule has 0 aliphatic heterocycles. The maximum Gasteiger partial charge on any atom is 0.338 e. The molecule has 0 aromatic heterocycles. The Balaban J connectivity index is 1.98. The summed E-state index contributed by atoms with van der Waals surface area (Å²) in [5, 5.41) is 3.73. The van der Waals surface area contributed by atoms with Gasteiger partial charge in [0.15, 0.2) is 6.10 Å². The van der Waals surface area contributed by atoms with Crippen LogP contribution >= 0.6 is 0 Å².